The Morgan fingerprint density at radius 3 is 2.53 bits per heavy atom. The van der Waals surface area contributed by atoms with Gasteiger partial charge in [-0.3, -0.25) is 4.79 Å². The summed E-state index contributed by atoms with van der Waals surface area (Å²) in [4.78, 5) is 22.8. The SMILES string of the molecule is CCOC(=O)c1cc(OC(F)F)ccc1CC(C)=O. The number of carbonyl (C=O) groups excluding carboxylic acids is 2. The number of Topliss-reactive ketones (excluding diaryl/α,β-unsaturated/α-hetero) is 1. The average molecular weight is 272 g/mol. The Balaban J connectivity index is 3.10. The van der Waals surface area contributed by atoms with Gasteiger partial charge in [-0.25, -0.2) is 4.79 Å². The van der Waals surface area contributed by atoms with Crippen molar-refractivity contribution < 1.29 is 27.8 Å². The lowest BCUT2D eigenvalue weighted by Gasteiger charge is -2.10. The molecule has 1 rings (SSSR count). The summed E-state index contributed by atoms with van der Waals surface area (Å²) in [6.07, 6.45) is 0.0309. The number of benzene rings is 1. The zero-order valence-corrected chi connectivity index (χ0v) is 10.6. The second-order valence-electron chi connectivity index (χ2n) is 3.80. The predicted molar refractivity (Wildman–Crippen MR) is 63.4 cm³/mol. The molecule has 1 aromatic carbocycles. The maximum Gasteiger partial charge on any atom is 0.387 e. The molecule has 1 aromatic rings. The number of esters is 1. The van der Waals surface area contributed by atoms with Crippen molar-refractivity contribution in [1.82, 2.24) is 0 Å². The number of carbonyl (C=O) groups is 2. The highest BCUT2D eigenvalue weighted by Crippen LogP contribution is 2.21. The van der Waals surface area contributed by atoms with Crippen LogP contribution in [-0.4, -0.2) is 25.0 Å². The molecule has 0 unspecified atom stereocenters. The highest BCUT2D eigenvalue weighted by molar-refractivity contribution is 5.93. The van der Waals surface area contributed by atoms with Crippen molar-refractivity contribution in [2.24, 2.45) is 0 Å². The second kappa shape index (κ2) is 6.82. The number of rotatable bonds is 6. The van der Waals surface area contributed by atoms with Crippen molar-refractivity contribution in [3.8, 4) is 5.75 Å². The van der Waals surface area contributed by atoms with Gasteiger partial charge in [0.15, 0.2) is 0 Å². The predicted octanol–water partition coefficient (Wildman–Crippen LogP) is 2.60. The van der Waals surface area contributed by atoms with Crippen LogP contribution in [-0.2, 0) is 16.0 Å². The lowest BCUT2D eigenvalue weighted by atomic mass is 10.0. The Kier molecular flexibility index (Phi) is 5.41. The van der Waals surface area contributed by atoms with Crippen molar-refractivity contribution in [3.05, 3.63) is 29.3 Å². The van der Waals surface area contributed by atoms with Gasteiger partial charge in [0.25, 0.3) is 0 Å². The molecule has 0 atom stereocenters. The zero-order chi connectivity index (χ0) is 14.4. The van der Waals surface area contributed by atoms with Crippen molar-refractivity contribution in [1.29, 1.82) is 0 Å². The van der Waals surface area contributed by atoms with E-state index in [1.165, 1.54) is 19.1 Å². The van der Waals surface area contributed by atoms with Gasteiger partial charge in [0.2, 0.25) is 0 Å². The smallest absolute Gasteiger partial charge is 0.387 e. The minimum atomic E-state index is -2.98. The van der Waals surface area contributed by atoms with Gasteiger partial charge >= 0.3 is 12.6 Å². The molecule has 0 bridgehead atoms. The Hall–Kier alpha value is -1.98. The molecule has 0 saturated heterocycles. The molecular weight excluding hydrogens is 258 g/mol. The van der Waals surface area contributed by atoms with Gasteiger partial charge in [-0.2, -0.15) is 8.78 Å². The third-order valence-corrected chi connectivity index (χ3v) is 2.24. The first-order valence-corrected chi connectivity index (χ1v) is 5.68. The number of ketones is 1. The molecule has 0 amide bonds. The van der Waals surface area contributed by atoms with Crippen molar-refractivity contribution in [3.63, 3.8) is 0 Å². The second-order valence-corrected chi connectivity index (χ2v) is 3.80. The fourth-order valence-corrected chi connectivity index (χ4v) is 1.55. The summed E-state index contributed by atoms with van der Waals surface area (Å²) in [7, 11) is 0. The van der Waals surface area contributed by atoms with E-state index in [9.17, 15) is 18.4 Å². The Morgan fingerprint density at radius 1 is 1.32 bits per heavy atom. The third-order valence-electron chi connectivity index (χ3n) is 2.24. The number of hydrogen-bond acceptors (Lipinski definition) is 4. The van der Waals surface area contributed by atoms with E-state index in [1.54, 1.807) is 6.92 Å². The van der Waals surface area contributed by atoms with Crippen LogP contribution in [0.3, 0.4) is 0 Å². The molecule has 0 N–H and O–H groups in total. The molecule has 0 aliphatic rings. The molecule has 0 heterocycles. The van der Waals surface area contributed by atoms with Crippen molar-refractivity contribution >= 4 is 11.8 Å². The first kappa shape index (κ1) is 15.1. The minimum absolute atomic E-state index is 0.0309. The van der Waals surface area contributed by atoms with Gasteiger partial charge in [0.05, 0.1) is 12.2 Å². The Labute approximate surface area is 109 Å². The van der Waals surface area contributed by atoms with E-state index in [0.29, 0.717) is 5.56 Å². The summed E-state index contributed by atoms with van der Waals surface area (Å²) < 4.78 is 33.3. The topological polar surface area (TPSA) is 52.6 Å². The largest absolute Gasteiger partial charge is 0.462 e. The van der Waals surface area contributed by atoms with Crippen molar-refractivity contribution in [2.45, 2.75) is 26.9 Å². The molecule has 0 aromatic heterocycles. The van der Waals surface area contributed by atoms with Gasteiger partial charge in [-0.05, 0) is 31.5 Å². The van der Waals surface area contributed by atoms with E-state index in [0.717, 1.165) is 6.07 Å². The van der Waals surface area contributed by atoms with Gasteiger partial charge in [0.1, 0.15) is 11.5 Å². The number of ether oxygens (including phenoxy) is 2. The van der Waals surface area contributed by atoms with Crippen LogP contribution in [0, 0.1) is 0 Å². The highest BCUT2D eigenvalue weighted by atomic mass is 19.3. The number of hydrogen-bond donors (Lipinski definition) is 0. The third kappa shape index (κ3) is 4.65. The van der Waals surface area contributed by atoms with Crippen LogP contribution in [0.25, 0.3) is 0 Å². The van der Waals surface area contributed by atoms with Crippen LogP contribution in [0.4, 0.5) is 8.78 Å². The minimum Gasteiger partial charge on any atom is -0.462 e. The lowest BCUT2D eigenvalue weighted by Crippen LogP contribution is -2.11. The summed E-state index contributed by atoms with van der Waals surface area (Å²) in [6, 6.07) is 3.85. The van der Waals surface area contributed by atoms with Crippen LogP contribution < -0.4 is 4.74 Å². The summed E-state index contributed by atoms with van der Waals surface area (Å²) >= 11 is 0. The maximum atomic E-state index is 12.1. The number of alkyl halides is 2. The molecule has 0 aliphatic carbocycles. The van der Waals surface area contributed by atoms with E-state index in [4.69, 9.17) is 4.74 Å². The molecule has 6 heteroatoms. The monoisotopic (exact) mass is 272 g/mol. The summed E-state index contributed by atoms with van der Waals surface area (Å²) in [5.74, 6) is -0.961. The maximum absolute atomic E-state index is 12.1. The summed E-state index contributed by atoms with van der Waals surface area (Å²) in [6.45, 7) is 0.174. The molecular formula is C13H14F2O4. The first-order chi connectivity index (χ1) is 8.93. The van der Waals surface area contributed by atoms with E-state index in [-0.39, 0.29) is 30.1 Å². The summed E-state index contributed by atoms with van der Waals surface area (Å²) in [5, 5.41) is 0. The van der Waals surface area contributed by atoms with E-state index >= 15 is 0 Å². The average Bonchev–Trinajstić information content (AvgIpc) is 2.30. The van der Waals surface area contributed by atoms with Crippen LogP contribution in [0.2, 0.25) is 0 Å². The van der Waals surface area contributed by atoms with E-state index < -0.39 is 12.6 Å². The number of halogens is 2. The molecule has 0 spiro atoms. The molecule has 0 radical (unpaired) electrons. The van der Waals surface area contributed by atoms with Gasteiger partial charge < -0.3 is 9.47 Å². The summed E-state index contributed by atoms with van der Waals surface area (Å²) in [5.41, 5.74) is 0.489. The highest BCUT2D eigenvalue weighted by Gasteiger charge is 2.16. The van der Waals surface area contributed by atoms with E-state index in [2.05, 4.69) is 4.74 Å². The van der Waals surface area contributed by atoms with Crippen molar-refractivity contribution in [2.75, 3.05) is 6.61 Å². The van der Waals surface area contributed by atoms with Crippen LogP contribution in [0.5, 0.6) is 5.75 Å². The van der Waals surface area contributed by atoms with Gasteiger partial charge in [0, 0.05) is 6.42 Å². The van der Waals surface area contributed by atoms with E-state index in [1.807, 2.05) is 0 Å². The first-order valence-electron chi connectivity index (χ1n) is 5.68. The Bertz CT molecular complexity index is 472. The standard InChI is InChI=1S/C13H14F2O4/c1-3-18-12(17)11-7-10(19-13(14)15)5-4-9(11)6-8(2)16/h4-5,7,13H,3,6H2,1-2H3. The molecule has 0 aliphatic heterocycles. The fraction of sp³-hybridized carbons (Fsp3) is 0.385. The van der Waals surface area contributed by atoms with Gasteiger partial charge in [-0.15, -0.1) is 0 Å². The van der Waals surface area contributed by atoms with Gasteiger partial charge in [-0.1, -0.05) is 6.07 Å². The van der Waals surface area contributed by atoms with Crippen LogP contribution >= 0.6 is 0 Å². The zero-order valence-electron chi connectivity index (χ0n) is 10.6. The molecule has 4 nitrogen and oxygen atoms in total. The normalized spacial score (nSPS) is 10.4. The lowest BCUT2D eigenvalue weighted by molar-refractivity contribution is -0.116. The Morgan fingerprint density at radius 2 is 2.00 bits per heavy atom. The fourth-order valence-electron chi connectivity index (χ4n) is 1.55. The molecule has 0 saturated carbocycles. The quantitative estimate of drug-likeness (QED) is 0.747. The molecule has 19 heavy (non-hydrogen) atoms. The molecule has 104 valence electrons. The molecule has 0 fully saturated rings. The van der Waals surface area contributed by atoms with Crippen LogP contribution in [0.1, 0.15) is 29.8 Å². The van der Waals surface area contributed by atoms with Crippen LogP contribution in [0.15, 0.2) is 18.2 Å².